The molecule has 0 aromatic heterocycles. The van der Waals surface area contributed by atoms with Gasteiger partial charge in [0.05, 0.1) is 39.6 Å². The van der Waals surface area contributed by atoms with E-state index in [1.165, 1.54) is 0 Å². The fourth-order valence-corrected chi connectivity index (χ4v) is 7.89. The predicted molar refractivity (Wildman–Crippen MR) is 238 cm³/mol. The summed E-state index contributed by atoms with van der Waals surface area (Å²) in [5.41, 5.74) is 0. The van der Waals surface area contributed by atoms with E-state index >= 15 is 0 Å². The van der Waals surface area contributed by atoms with Crippen molar-refractivity contribution in [3.8, 4) is 0 Å². The van der Waals surface area contributed by atoms with Crippen LogP contribution in [0.4, 0.5) is 0 Å². The Morgan fingerprint density at radius 2 is 0.476 bits per heavy atom. The number of ether oxygens (including phenoxy) is 9. The van der Waals surface area contributed by atoms with Gasteiger partial charge in [0.2, 0.25) is 17.4 Å². The Morgan fingerprint density at radius 1 is 0.305 bits per heavy atom. The molecule has 0 aliphatic carbocycles. The van der Waals surface area contributed by atoms with E-state index in [0.29, 0.717) is 0 Å². The third kappa shape index (κ3) is 22.0. The molecule has 82 heavy (non-hydrogen) atoms. The maximum Gasteiger partial charge on any atom is 2.00 e. The molecule has 27 atom stereocenters. The fourth-order valence-electron chi connectivity index (χ4n) is 7.89. The molecule has 24 N–H and O–H groups in total. The molecule has 41 nitrogen and oxygen atoms in total. The van der Waals surface area contributed by atoms with Crippen LogP contribution in [0.15, 0.2) is 0 Å². The molecule has 0 aromatic carbocycles. The standard InChI is InChI=1S/3C12H22O11.3Mg.2H3O4P/c3*13-1-4-6(16)8(18)9(19)11(21-4)23-12(3-15)10(20)7(17)5(2-14)22-12;;;;2*1-5(2,3)4/h3*4-11,13-20H,1-3H2;;;;2*(H3,1,2,3,4)/q;;;3*+2;;/p-6/t3*4-,5-,6-,7-,8+,9-,10+,11-,12+;;;;;/m111...../s1. The molecule has 6 heterocycles. The van der Waals surface area contributed by atoms with Crippen molar-refractivity contribution in [3.63, 3.8) is 0 Å². The SMILES string of the molecule is O=P([O-])([O-])[O-].O=P([O-])([O-])[O-].OC[C@H]1O[C@@](CO)(O[C@H]2O[C@H](CO)[C@@H](O)[C@H](O)[C@H]2O)[C@@H](O)[C@@H]1O.OC[C@H]1O[C@@](CO)(O[C@H]2O[C@H](CO)[C@@H](O)[C@H](O)[C@H]2O)[C@@H](O)[C@@H]1O.OC[C@H]1O[C@@](CO)(O[C@H]2O[C@H](CO)[C@@H](O)[C@H](O)[C@H]2O)[C@@H](O)[C@@H]1O.[Mg+2].[Mg+2].[Mg+2]. The zero-order valence-electron chi connectivity index (χ0n) is 42.4. The normalized spacial score (nSPS) is 44.5. The first-order valence-corrected chi connectivity index (χ1v) is 25.5. The number of aliphatic hydroxyl groups excluding tert-OH is 24. The number of hydrogen-bond acceptors (Lipinski definition) is 41. The Hall–Kier alpha value is 1.20. The van der Waals surface area contributed by atoms with E-state index in [-0.39, 0.29) is 69.2 Å². The molecular formula is C36H66Mg3O41P2. The van der Waals surface area contributed by atoms with Crippen molar-refractivity contribution in [1.82, 2.24) is 0 Å². The second-order valence-corrected chi connectivity index (χ2v) is 19.4. The molecule has 6 fully saturated rings. The molecule has 6 aliphatic rings. The maximum atomic E-state index is 10.00. The largest absolute Gasteiger partial charge is 2.00 e. The molecule has 0 bridgehead atoms. The average Bonchev–Trinajstić information content (AvgIpc) is 3.90. The summed E-state index contributed by atoms with van der Waals surface area (Å²) >= 11 is 0. The van der Waals surface area contributed by atoms with Gasteiger partial charge < -0.3 is 204 Å². The molecule has 0 amide bonds. The van der Waals surface area contributed by atoms with Crippen LogP contribution in [0.5, 0.6) is 0 Å². The number of rotatable bonds is 15. The van der Waals surface area contributed by atoms with Crippen LogP contribution in [0.2, 0.25) is 0 Å². The van der Waals surface area contributed by atoms with Gasteiger partial charge in [-0.1, -0.05) is 0 Å². The van der Waals surface area contributed by atoms with Gasteiger partial charge >= 0.3 is 69.2 Å². The Labute approximate surface area is 509 Å². The van der Waals surface area contributed by atoms with Gasteiger partial charge in [-0.25, -0.2) is 0 Å². The number of aliphatic hydroxyl groups is 24. The molecule has 6 aliphatic heterocycles. The van der Waals surface area contributed by atoms with Crippen LogP contribution >= 0.6 is 15.6 Å². The molecule has 46 heteroatoms. The molecule has 0 spiro atoms. The topological polar surface area (TPSA) is 741 Å². The summed E-state index contributed by atoms with van der Waals surface area (Å²) in [4.78, 5) is 51.3. The van der Waals surface area contributed by atoms with E-state index in [4.69, 9.17) is 112 Å². The van der Waals surface area contributed by atoms with Crippen molar-refractivity contribution in [1.29, 1.82) is 0 Å². The Morgan fingerprint density at radius 3 is 0.610 bits per heavy atom. The second kappa shape index (κ2) is 36.9. The number of hydrogen-bond donors (Lipinski definition) is 24. The minimum Gasteiger partial charge on any atom is -0.822 e. The van der Waals surface area contributed by atoms with Crippen LogP contribution in [0.1, 0.15) is 0 Å². The molecule has 6 saturated heterocycles. The average molecular weight is 1290 g/mol. The first-order valence-electron chi connectivity index (χ1n) is 22.6. The summed E-state index contributed by atoms with van der Waals surface area (Å²) in [6, 6.07) is 0. The van der Waals surface area contributed by atoms with Crippen molar-refractivity contribution in [3.05, 3.63) is 0 Å². The molecule has 0 saturated carbocycles. The van der Waals surface area contributed by atoms with Gasteiger partial charge in [0, 0.05) is 0 Å². The van der Waals surface area contributed by atoms with Crippen molar-refractivity contribution in [2.45, 2.75) is 164 Å². The first-order chi connectivity index (χ1) is 36.4. The van der Waals surface area contributed by atoms with E-state index < -0.39 is 240 Å². The monoisotopic (exact) mass is 1290 g/mol. The Bertz CT molecular complexity index is 1660. The van der Waals surface area contributed by atoms with Crippen molar-refractivity contribution in [2.24, 2.45) is 0 Å². The third-order valence-corrected chi connectivity index (χ3v) is 12.2. The minimum atomic E-state index is -5.39. The van der Waals surface area contributed by atoms with E-state index in [1.54, 1.807) is 0 Å². The van der Waals surface area contributed by atoms with E-state index in [1.807, 2.05) is 0 Å². The fraction of sp³-hybridized carbons (Fsp3) is 1.00. The van der Waals surface area contributed by atoms with E-state index in [2.05, 4.69) is 0 Å². The molecule has 6 rings (SSSR count). The predicted octanol–water partition coefficient (Wildman–Crippen LogP) is -23.0. The quantitative estimate of drug-likeness (QED) is 0.0535. The van der Waals surface area contributed by atoms with Gasteiger partial charge in [-0.2, -0.15) is 15.6 Å². The van der Waals surface area contributed by atoms with Gasteiger partial charge in [-0.3, -0.25) is 0 Å². The molecular weight excluding hydrogens is 1220 g/mol. The van der Waals surface area contributed by atoms with Crippen LogP contribution < -0.4 is 29.4 Å². The van der Waals surface area contributed by atoms with Gasteiger partial charge in [-0.15, -0.1) is 0 Å². The zero-order valence-corrected chi connectivity index (χ0v) is 48.4. The summed E-state index contributed by atoms with van der Waals surface area (Å²) in [5.74, 6) is -6.67. The number of phosphoric acid groups is 2. The zero-order chi connectivity index (χ0) is 61.1. The minimum absolute atomic E-state index is 0. The summed E-state index contributed by atoms with van der Waals surface area (Å²) in [6.45, 7) is -6.97. The van der Waals surface area contributed by atoms with Gasteiger partial charge in [-0.05, 0) is 0 Å². The van der Waals surface area contributed by atoms with Gasteiger partial charge in [0.1, 0.15) is 148 Å². The van der Waals surface area contributed by atoms with Crippen molar-refractivity contribution >= 4 is 84.8 Å². The first kappa shape index (κ1) is 85.3. The maximum absolute atomic E-state index is 10.00. The second-order valence-electron chi connectivity index (χ2n) is 17.6. The summed E-state index contributed by atoms with van der Waals surface area (Å²) < 4.78 is 63.4. The molecule has 0 unspecified atom stereocenters. The van der Waals surface area contributed by atoms with Crippen LogP contribution in [0.25, 0.3) is 0 Å². The van der Waals surface area contributed by atoms with Crippen molar-refractivity contribution < 1.29 is 204 Å². The smallest absolute Gasteiger partial charge is 0.822 e. The van der Waals surface area contributed by atoms with Crippen LogP contribution in [0, 0.1) is 0 Å². The summed E-state index contributed by atoms with van der Waals surface area (Å²) in [7, 11) is -10.8. The van der Waals surface area contributed by atoms with Crippen LogP contribution in [-0.2, 0) is 51.8 Å². The van der Waals surface area contributed by atoms with Gasteiger partial charge in [0.25, 0.3) is 0 Å². The Balaban J connectivity index is 0. The Kier molecular flexibility index (Phi) is 38.4. The summed E-state index contributed by atoms with van der Waals surface area (Å²) in [6.07, 6.45) is -38.0. The van der Waals surface area contributed by atoms with Crippen LogP contribution in [0.3, 0.4) is 0 Å². The molecule has 0 radical (unpaired) electrons. The van der Waals surface area contributed by atoms with Gasteiger partial charge in [0.15, 0.2) is 18.9 Å². The van der Waals surface area contributed by atoms with Crippen molar-refractivity contribution in [2.75, 3.05) is 59.5 Å². The molecule has 472 valence electrons. The third-order valence-electron chi connectivity index (χ3n) is 12.2. The van der Waals surface area contributed by atoms with Crippen LogP contribution in [-0.4, -0.2) is 416 Å². The molecule has 0 aromatic rings. The van der Waals surface area contributed by atoms with E-state index in [0.717, 1.165) is 0 Å². The summed E-state index contributed by atoms with van der Waals surface area (Å²) in [5, 5.41) is 230. The van der Waals surface area contributed by atoms with E-state index in [9.17, 15) is 91.9 Å².